The van der Waals surface area contributed by atoms with Crippen molar-refractivity contribution in [3.63, 3.8) is 0 Å². The normalized spacial score (nSPS) is 49.6. The van der Waals surface area contributed by atoms with Crippen molar-refractivity contribution in [3.8, 4) is 0 Å². The smallest absolute Gasteiger partial charge is 0.299 e. The highest BCUT2D eigenvalue weighted by atomic mass is 32.2. The zero-order valence-electron chi connectivity index (χ0n) is 14.3. The largest absolute Gasteiger partial charge is 0.390 e. The second kappa shape index (κ2) is 5.39. The molecular formula is C18H26O6S. The maximum absolute atomic E-state index is 11.5. The van der Waals surface area contributed by atoms with Crippen LogP contribution in [0, 0.1) is 23.2 Å². The molecule has 7 heteroatoms. The molecule has 0 radical (unpaired) electrons. The average molecular weight is 370 g/mol. The summed E-state index contributed by atoms with van der Waals surface area (Å²) >= 11 is 0. The average Bonchev–Trinajstić information content (AvgIpc) is 2.77. The Morgan fingerprint density at radius 1 is 1.24 bits per heavy atom. The number of allylic oxidation sites excluding steroid dienone is 2. The van der Waals surface area contributed by atoms with Gasteiger partial charge in [-0.1, -0.05) is 13.0 Å². The van der Waals surface area contributed by atoms with Gasteiger partial charge in [-0.3, -0.25) is 4.55 Å². The Hall–Kier alpha value is -0.730. The van der Waals surface area contributed by atoms with Crippen molar-refractivity contribution in [1.29, 1.82) is 0 Å². The summed E-state index contributed by atoms with van der Waals surface area (Å²) in [4.78, 5) is -2.22. The molecule has 4 aliphatic rings. The number of aliphatic hydroxyl groups excluding tert-OH is 2. The van der Waals surface area contributed by atoms with E-state index in [4.69, 9.17) is 0 Å². The molecule has 0 bridgehead atoms. The summed E-state index contributed by atoms with van der Waals surface area (Å²) in [6, 6.07) is 0. The summed E-state index contributed by atoms with van der Waals surface area (Å²) in [7, 11) is -4.58. The number of hydrogen-bond donors (Lipinski definition) is 4. The Kier molecular flexibility index (Phi) is 3.81. The standard InChI is InChI=1S/C18H26O6S/c1-17-6-4-12-11-5-7-18(21,25(22,23)24)9-10(11)2-3-13(12)14(17)8-15(19)16(17)20/h5,9,12-16,19-21H,2-4,6-8H2,1H3,(H,22,23,24)/t12-,13-,14+,15-,16+,17+,18?/m1/s1. The van der Waals surface area contributed by atoms with Crippen molar-refractivity contribution in [2.24, 2.45) is 23.2 Å². The highest BCUT2D eigenvalue weighted by Gasteiger charge is 2.58. The number of hydrogen-bond acceptors (Lipinski definition) is 5. The van der Waals surface area contributed by atoms with Crippen molar-refractivity contribution < 1.29 is 28.3 Å². The van der Waals surface area contributed by atoms with Crippen LogP contribution in [0.25, 0.3) is 0 Å². The van der Waals surface area contributed by atoms with Crippen molar-refractivity contribution in [3.05, 3.63) is 23.3 Å². The monoisotopic (exact) mass is 370 g/mol. The molecule has 0 heterocycles. The lowest BCUT2D eigenvalue weighted by Gasteiger charge is -2.51. The van der Waals surface area contributed by atoms with E-state index < -0.39 is 27.3 Å². The minimum absolute atomic E-state index is 0.138. The molecule has 3 saturated carbocycles. The van der Waals surface area contributed by atoms with E-state index >= 15 is 0 Å². The Morgan fingerprint density at radius 2 is 1.96 bits per heavy atom. The van der Waals surface area contributed by atoms with Crippen LogP contribution >= 0.6 is 0 Å². The highest BCUT2D eigenvalue weighted by molar-refractivity contribution is 7.87. The minimum Gasteiger partial charge on any atom is -0.390 e. The molecule has 0 aliphatic heterocycles. The maximum atomic E-state index is 11.5. The van der Waals surface area contributed by atoms with Crippen molar-refractivity contribution in [1.82, 2.24) is 0 Å². The van der Waals surface area contributed by atoms with E-state index in [1.165, 1.54) is 6.08 Å². The third kappa shape index (κ3) is 2.40. The number of aliphatic hydroxyl groups is 3. The minimum atomic E-state index is -4.58. The predicted molar refractivity (Wildman–Crippen MR) is 91.0 cm³/mol. The van der Waals surface area contributed by atoms with Crippen LogP contribution in [0.5, 0.6) is 0 Å². The molecule has 7 atom stereocenters. The molecule has 0 spiro atoms. The molecule has 25 heavy (non-hydrogen) atoms. The summed E-state index contributed by atoms with van der Waals surface area (Å²) in [6.07, 6.45) is 5.40. The van der Waals surface area contributed by atoms with Gasteiger partial charge in [-0.2, -0.15) is 8.42 Å². The van der Waals surface area contributed by atoms with Crippen LogP contribution in [0.2, 0.25) is 0 Å². The molecule has 4 aliphatic carbocycles. The van der Waals surface area contributed by atoms with Crippen LogP contribution in [-0.2, 0) is 10.1 Å². The van der Waals surface area contributed by atoms with Crippen LogP contribution in [0.1, 0.15) is 45.4 Å². The first-order chi connectivity index (χ1) is 11.6. The van der Waals surface area contributed by atoms with Crippen LogP contribution < -0.4 is 0 Å². The van der Waals surface area contributed by atoms with Gasteiger partial charge in [0.1, 0.15) is 0 Å². The molecule has 0 saturated heterocycles. The third-order valence-corrected chi connectivity index (χ3v) is 8.57. The van der Waals surface area contributed by atoms with E-state index in [2.05, 4.69) is 6.92 Å². The summed E-state index contributed by atoms with van der Waals surface area (Å²) in [6.45, 7) is 2.08. The van der Waals surface area contributed by atoms with Crippen LogP contribution in [0.4, 0.5) is 0 Å². The first kappa shape index (κ1) is 17.7. The van der Waals surface area contributed by atoms with Gasteiger partial charge in [0.15, 0.2) is 0 Å². The zero-order chi connectivity index (χ0) is 18.2. The summed E-state index contributed by atoms with van der Waals surface area (Å²) in [5, 5.41) is 30.9. The van der Waals surface area contributed by atoms with Gasteiger partial charge in [0, 0.05) is 6.42 Å². The van der Waals surface area contributed by atoms with Gasteiger partial charge in [0.05, 0.1) is 12.2 Å². The molecule has 4 N–H and O–H groups in total. The van der Waals surface area contributed by atoms with E-state index in [1.807, 2.05) is 0 Å². The van der Waals surface area contributed by atoms with Gasteiger partial charge in [0.2, 0.25) is 4.93 Å². The van der Waals surface area contributed by atoms with E-state index in [1.54, 1.807) is 6.08 Å². The Morgan fingerprint density at radius 3 is 2.64 bits per heavy atom. The van der Waals surface area contributed by atoms with Crippen LogP contribution in [-0.4, -0.2) is 45.4 Å². The van der Waals surface area contributed by atoms with Gasteiger partial charge < -0.3 is 15.3 Å². The Bertz CT molecular complexity index is 756. The third-order valence-electron chi connectivity index (χ3n) is 7.39. The molecule has 140 valence electrons. The van der Waals surface area contributed by atoms with Crippen LogP contribution in [0.15, 0.2) is 23.3 Å². The van der Waals surface area contributed by atoms with Crippen molar-refractivity contribution >= 4 is 10.1 Å². The quantitative estimate of drug-likeness (QED) is 0.519. The molecule has 0 aromatic heterocycles. The SMILES string of the molecule is C[C@]12CC[C@@H]3C4=CCC(O)(S(=O)(=O)O)C=C4CC[C@H]3[C@@H]1C[C@@H](O)[C@@H]2O. The predicted octanol–water partition coefficient (Wildman–Crippen LogP) is 1.39. The molecule has 0 amide bonds. The lowest BCUT2D eigenvalue weighted by molar-refractivity contribution is -0.0553. The molecule has 3 fully saturated rings. The lowest BCUT2D eigenvalue weighted by Crippen LogP contribution is -2.47. The summed E-state index contributed by atoms with van der Waals surface area (Å²) < 4.78 is 32.3. The molecule has 0 aromatic carbocycles. The first-order valence-corrected chi connectivity index (χ1v) is 10.5. The molecule has 0 aromatic rings. The van der Waals surface area contributed by atoms with E-state index in [0.29, 0.717) is 18.8 Å². The fourth-order valence-corrected chi connectivity index (χ4v) is 6.56. The van der Waals surface area contributed by atoms with Crippen molar-refractivity contribution in [2.45, 2.75) is 62.6 Å². The molecule has 1 unspecified atom stereocenters. The lowest BCUT2D eigenvalue weighted by atomic mass is 9.54. The van der Waals surface area contributed by atoms with Gasteiger partial charge in [-0.15, -0.1) is 0 Å². The summed E-state index contributed by atoms with van der Waals surface area (Å²) in [5.74, 6) is 0.869. The second-order valence-electron chi connectivity index (χ2n) is 8.56. The van der Waals surface area contributed by atoms with Crippen molar-refractivity contribution in [2.75, 3.05) is 0 Å². The second-order valence-corrected chi connectivity index (χ2v) is 10.2. The van der Waals surface area contributed by atoms with E-state index in [-0.39, 0.29) is 23.7 Å². The number of rotatable bonds is 1. The number of fused-ring (bicyclic) bond motifs is 5. The van der Waals surface area contributed by atoms with E-state index in [9.17, 15) is 28.3 Å². The summed E-state index contributed by atoms with van der Waals surface area (Å²) in [5.41, 5.74) is 1.64. The molecule has 4 rings (SSSR count). The molecule has 6 nitrogen and oxygen atoms in total. The Labute approximate surface area is 148 Å². The van der Waals surface area contributed by atoms with Gasteiger partial charge in [0.25, 0.3) is 10.1 Å². The van der Waals surface area contributed by atoms with Crippen LogP contribution in [0.3, 0.4) is 0 Å². The first-order valence-electron chi connectivity index (χ1n) is 9.04. The highest BCUT2D eigenvalue weighted by Crippen LogP contribution is 2.61. The fraction of sp³-hybridized carbons (Fsp3) is 0.778. The topological polar surface area (TPSA) is 115 Å². The zero-order valence-corrected chi connectivity index (χ0v) is 15.1. The maximum Gasteiger partial charge on any atom is 0.299 e. The van der Waals surface area contributed by atoms with Gasteiger partial charge in [-0.25, -0.2) is 0 Å². The Balaban J connectivity index is 1.65. The van der Waals surface area contributed by atoms with E-state index in [0.717, 1.165) is 30.4 Å². The van der Waals surface area contributed by atoms with Gasteiger partial charge in [-0.05, 0) is 72.5 Å². The molecular weight excluding hydrogens is 344 g/mol. The van der Waals surface area contributed by atoms with Gasteiger partial charge >= 0.3 is 0 Å². The fourth-order valence-electron chi connectivity index (χ4n) is 5.97.